The van der Waals surface area contributed by atoms with E-state index in [9.17, 15) is 9.59 Å². The van der Waals surface area contributed by atoms with Crippen molar-refractivity contribution >= 4 is 11.9 Å². The van der Waals surface area contributed by atoms with Crippen molar-refractivity contribution in [3.63, 3.8) is 0 Å². The maximum Gasteiger partial charge on any atom is 0.322 e. The van der Waals surface area contributed by atoms with Crippen LogP contribution in [0.25, 0.3) is 11.4 Å². The maximum absolute atomic E-state index is 12.2. The van der Waals surface area contributed by atoms with Crippen LogP contribution in [0.4, 0.5) is 4.79 Å². The van der Waals surface area contributed by atoms with Crippen molar-refractivity contribution in [1.29, 1.82) is 0 Å². The van der Waals surface area contributed by atoms with E-state index in [-0.39, 0.29) is 0 Å². The van der Waals surface area contributed by atoms with Gasteiger partial charge in [-0.1, -0.05) is 29.4 Å². The van der Waals surface area contributed by atoms with Crippen LogP contribution in [0.3, 0.4) is 0 Å². The largest absolute Gasteiger partial charge is 0.481 e. The van der Waals surface area contributed by atoms with E-state index in [0.29, 0.717) is 22.8 Å². The van der Waals surface area contributed by atoms with Gasteiger partial charge in [0.25, 0.3) is 11.8 Å². The van der Waals surface area contributed by atoms with Gasteiger partial charge in [0.1, 0.15) is 11.3 Å². The summed E-state index contributed by atoms with van der Waals surface area (Å²) < 4.78 is 11.5. The standard InChI is InChI=1S/C23H22N4O4/c1-13(30-18-10-9-14-5-3-6-15(14)12-18)20-24-19(27-31-20)16-7-4-8-17(11-16)23(2)21(28)25-22(29)26-23/h4,7-13H,3,5-6H2,1-2H3,(H2,25,26,28,29). The molecule has 0 spiro atoms. The van der Waals surface area contributed by atoms with Gasteiger partial charge in [0.15, 0.2) is 6.10 Å². The highest BCUT2D eigenvalue weighted by Crippen LogP contribution is 2.30. The molecule has 1 fully saturated rings. The fourth-order valence-corrected chi connectivity index (χ4v) is 4.11. The number of ether oxygens (including phenoxy) is 1. The Kier molecular flexibility index (Phi) is 4.50. The second-order valence-electron chi connectivity index (χ2n) is 8.11. The number of rotatable bonds is 5. The molecule has 8 nitrogen and oxygen atoms in total. The number of carbonyl (C=O) groups excluding carboxylic acids is 2. The molecule has 1 aromatic heterocycles. The number of nitrogens with one attached hydrogen (secondary N) is 2. The summed E-state index contributed by atoms with van der Waals surface area (Å²) in [5.41, 5.74) is 2.88. The average Bonchev–Trinajstić information content (AvgIpc) is 3.47. The lowest BCUT2D eigenvalue weighted by Crippen LogP contribution is -2.40. The minimum absolute atomic E-state index is 0.360. The van der Waals surface area contributed by atoms with Crippen molar-refractivity contribution < 1.29 is 18.8 Å². The molecule has 0 bridgehead atoms. The minimum atomic E-state index is -1.15. The number of fused-ring (bicyclic) bond motifs is 1. The summed E-state index contributed by atoms with van der Waals surface area (Å²) in [5, 5.41) is 9.00. The summed E-state index contributed by atoms with van der Waals surface area (Å²) in [6.07, 6.45) is 2.98. The van der Waals surface area contributed by atoms with Gasteiger partial charge in [-0.25, -0.2) is 4.79 Å². The molecule has 5 rings (SSSR count). The highest BCUT2D eigenvalue weighted by Gasteiger charge is 2.43. The fraction of sp³-hybridized carbons (Fsp3) is 0.304. The first kappa shape index (κ1) is 19.3. The molecule has 158 valence electrons. The van der Waals surface area contributed by atoms with E-state index >= 15 is 0 Å². The van der Waals surface area contributed by atoms with E-state index < -0.39 is 23.6 Å². The lowest BCUT2D eigenvalue weighted by atomic mass is 9.91. The van der Waals surface area contributed by atoms with Crippen LogP contribution in [0.1, 0.15) is 49.0 Å². The molecule has 1 aliphatic carbocycles. The van der Waals surface area contributed by atoms with Crippen molar-refractivity contribution in [2.75, 3.05) is 0 Å². The van der Waals surface area contributed by atoms with Gasteiger partial charge >= 0.3 is 6.03 Å². The summed E-state index contributed by atoms with van der Waals surface area (Å²) in [7, 11) is 0. The number of benzene rings is 2. The van der Waals surface area contributed by atoms with Gasteiger partial charge in [-0.3, -0.25) is 10.1 Å². The average molecular weight is 418 g/mol. The number of hydrogen-bond acceptors (Lipinski definition) is 6. The summed E-state index contributed by atoms with van der Waals surface area (Å²) in [6.45, 7) is 3.51. The molecular weight excluding hydrogens is 396 g/mol. The molecule has 0 radical (unpaired) electrons. The SMILES string of the molecule is CC(Oc1ccc2c(c1)CCC2)c1nc(-c2cccc(C3(C)NC(=O)NC3=O)c2)no1. The predicted octanol–water partition coefficient (Wildman–Crippen LogP) is 3.42. The molecule has 2 N–H and O–H groups in total. The van der Waals surface area contributed by atoms with Crippen LogP contribution < -0.4 is 15.4 Å². The molecule has 2 atom stereocenters. The first-order valence-electron chi connectivity index (χ1n) is 10.3. The van der Waals surface area contributed by atoms with Crippen molar-refractivity contribution in [3.8, 4) is 17.1 Å². The zero-order valence-corrected chi connectivity index (χ0v) is 17.3. The summed E-state index contributed by atoms with van der Waals surface area (Å²) in [4.78, 5) is 28.3. The zero-order valence-electron chi connectivity index (χ0n) is 17.3. The Hall–Kier alpha value is -3.68. The topological polar surface area (TPSA) is 106 Å². The van der Waals surface area contributed by atoms with E-state index in [1.165, 1.54) is 17.5 Å². The lowest BCUT2D eigenvalue weighted by molar-refractivity contribution is -0.123. The molecular formula is C23H22N4O4. The molecule has 1 saturated heterocycles. The van der Waals surface area contributed by atoms with Crippen LogP contribution in [0, 0.1) is 0 Å². The number of carbonyl (C=O) groups is 2. The van der Waals surface area contributed by atoms with Crippen LogP contribution in [0.2, 0.25) is 0 Å². The Morgan fingerprint density at radius 3 is 2.77 bits per heavy atom. The predicted molar refractivity (Wildman–Crippen MR) is 111 cm³/mol. The number of aryl methyl sites for hydroxylation is 2. The minimum Gasteiger partial charge on any atom is -0.481 e. The number of hydrogen-bond donors (Lipinski definition) is 2. The Morgan fingerprint density at radius 2 is 1.97 bits per heavy atom. The van der Waals surface area contributed by atoms with Gasteiger partial charge in [-0.05, 0) is 68.0 Å². The molecule has 2 unspecified atom stereocenters. The third-order valence-corrected chi connectivity index (χ3v) is 5.92. The summed E-state index contributed by atoms with van der Waals surface area (Å²) >= 11 is 0. The van der Waals surface area contributed by atoms with Crippen molar-refractivity contribution in [2.45, 2.75) is 44.8 Å². The van der Waals surface area contributed by atoms with E-state index in [4.69, 9.17) is 9.26 Å². The lowest BCUT2D eigenvalue weighted by Gasteiger charge is -2.21. The molecule has 3 aromatic rings. The van der Waals surface area contributed by atoms with Crippen LogP contribution in [0.5, 0.6) is 5.75 Å². The molecule has 0 saturated carbocycles. The first-order chi connectivity index (χ1) is 14.9. The Morgan fingerprint density at radius 1 is 1.13 bits per heavy atom. The number of nitrogens with zero attached hydrogens (tertiary/aromatic N) is 2. The van der Waals surface area contributed by atoms with E-state index in [2.05, 4.69) is 32.9 Å². The van der Waals surface area contributed by atoms with Crippen LogP contribution in [-0.2, 0) is 23.2 Å². The van der Waals surface area contributed by atoms with Gasteiger partial charge in [-0.2, -0.15) is 4.98 Å². The van der Waals surface area contributed by atoms with Crippen molar-refractivity contribution in [1.82, 2.24) is 20.8 Å². The second kappa shape index (κ2) is 7.23. The van der Waals surface area contributed by atoms with Crippen LogP contribution >= 0.6 is 0 Å². The number of aromatic nitrogens is 2. The zero-order chi connectivity index (χ0) is 21.6. The van der Waals surface area contributed by atoms with E-state index in [1.807, 2.05) is 19.1 Å². The molecule has 3 amide bonds. The number of imide groups is 1. The normalized spacial score (nSPS) is 20.8. The van der Waals surface area contributed by atoms with Crippen molar-refractivity contribution in [3.05, 3.63) is 65.0 Å². The van der Waals surface area contributed by atoms with E-state index in [0.717, 1.165) is 18.6 Å². The quantitative estimate of drug-likeness (QED) is 0.615. The third kappa shape index (κ3) is 3.43. The third-order valence-electron chi connectivity index (χ3n) is 5.92. The highest BCUT2D eigenvalue weighted by molar-refractivity contribution is 6.07. The Labute approximate surface area is 179 Å². The first-order valence-corrected chi connectivity index (χ1v) is 10.3. The molecule has 8 heteroatoms. The van der Waals surface area contributed by atoms with Gasteiger partial charge < -0.3 is 14.6 Å². The molecule has 2 aliphatic rings. The summed E-state index contributed by atoms with van der Waals surface area (Å²) in [5.74, 6) is 1.12. The Balaban J connectivity index is 1.36. The maximum atomic E-state index is 12.2. The molecule has 2 aromatic carbocycles. The molecule has 1 aliphatic heterocycles. The Bertz CT molecular complexity index is 1190. The van der Waals surface area contributed by atoms with Gasteiger partial charge in [0.05, 0.1) is 0 Å². The monoisotopic (exact) mass is 418 g/mol. The van der Waals surface area contributed by atoms with Gasteiger partial charge in [0.2, 0.25) is 5.82 Å². The molecule has 31 heavy (non-hydrogen) atoms. The van der Waals surface area contributed by atoms with Gasteiger partial charge in [-0.15, -0.1) is 0 Å². The smallest absolute Gasteiger partial charge is 0.322 e. The highest BCUT2D eigenvalue weighted by atomic mass is 16.5. The second-order valence-corrected chi connectivity index (χ2v) is 8.11. The van der Waals surface area contributed by atoms with Gasteiger partial charge in [0, 0.05) is 5.56 Å². The number of amides is 3. The van der Waals surface area contributed by atoms with E-state index in [1.54, 1.807) is 25.1 Å². The van der Waals surface area contributed by atoms with Crippen molar-refractivity contribution in [2.24, 2.45) is 0 Å². The van der Waals surface area contributed by atoms with Crippen LogP contribution in [-0.4, -0.2) is 22.1 Å². The summed E-state index contributed by atoms with van der Waals surface area (Å²) in [6, 6.07) is 12.8. The molecule has 2 heterocycles. The number of urea groups is 1. The van der Waals surface area contributed by atoms with Crippen LogP contribution in [0.15, 0.2) is 47.0 Å². The fourth-order valence-electron chi connectivity index (χ4n) is 4.11.